The fourth-order valence-electron chi connectivity index (χ4n) is 2.64. The van der Waals surface area contributed by atoms with E-state index in [1.165, 1.54) is 0 Å². The van der Waals surface area contributed by atoms with Crippen LogP contribution in [0.15, 0.2) is 10.5 Å². The molecule has 1 fully saturated rings. The molecule has 1 aromatic rings. The van der Waals surface area contributed by atoms with E-state index in [-0.39, 0.29) is 11.8 Å². The minimum Gasteiger partial charge on any atom is -0.495 e. The number of benzene rings is 1. The van der Waals surface area contributed by atoms with Gasteiger partial charge in [-0.05, 0) is 59.8 Å². The molecule has 0 heterocycles. The molecule has 0 bridgehead atoms. The lowest BCUT2D eigenvalue weighted by Crippen LogP contribution is -2.16. The molecule has 0 radical (unpaired) electrons. The molecule has 18 heavy (non-hydrogen) atoms. The Morgan fingerprint density at radius 1 is 1.50 bits per heavy atom. The van der Waals surface area contributed by atoms with Crippen molar-refractivity contribution in [3.05, 3.63) is 27.2 Å². The van der Waals surface area contributed by atoms with Gasteiger partial charge in [-0.25, -0.2) is 0 Å². The van der Waals surface area contributed by atoms with E-state index in [0.29, 0.717) is 0 Å². The summed E-state index contributed by atoms with van der Waals surface area (Å²) in [6.07, 6.45) is 2.03. The largest absolute Gasteiger partial charge is 0.495 e. The van der Waals surface area contributed by atoms with E-state index in [1.54, 1.807) is 7.11 Å². The van der Waals surface area contributed by atoms with Crippen molar-refractivity contribution in [1.29, 1.82) is 0 Å². The van der Waals surface area contributed by atoms with E-state index < -0.39 is 5.97 Å². The predicted molar refractivity (Wildman–Crippen MR) is 73.3 cm³/mol. The number of aryl methyl sites for hydroxylation is 1. The highest BCUT2D eigenvalue weighted by molar-refractivity contribution is 9.10. The van der Waals surface area contributed by atoms with Crippen molar-refractivity contribution in [2.75, 3.05) is 7.11 Å². The third-order valence-electron chi connectivity index (χ3n) is 3.83. The van der Waals surface area contributed by atoms with Gasteiger partial charge in [-0.3, -0.25) is 4.79 Å². The summed E-state index contributed by atoms with van der Waals surface area (Å²) in [7, 11) is 1.63. The normalized spacial score (nSPS) is 16.4. The van der Waals surface area contributed by atoms with Gasteiger partial charge < -0.3 is 9.84 Å². The Balaban J connectivity index is 2.59. The topological polar surface area (TPSA) is 46.5 Å². The summed E-state index contributed by atoms with van der Waals surface area (Å²) in [5.41, 5.74) is 3.15. The average molecular weight is 313 g/mol. The highest BCUT2D eigenvalue weighted by Gasteiger charge is 2.49. The Morgan fingerprint density at radius 2 is 2.11 bits per heavy atom. The molecule has 0 saturated heterocycles. The van der Waals surface area contributed by atoms with Crippen LogP contribution in [-0.2, 0) is 10.2 Å². The van der Waals surface area contributed by atoms with Crippen LogP contribution in [-0.4, -0.2) is 18.2 Å². The Bertz CT molecular complexity index is 504. The Hall–Kier alpha value is -1.03. The number of methoxy groups -OCH3 is 1. The maximum absolute atomic E-state index is 11.1. The first kappa shape index (κ1) is 13.4. The zero-order valence-corrected chi connectivity index (χ0v) is 12.4. The van der Waals surface area contributed by atoms with E-state index in [2.05, 4.69) is 15.9 Å². The van der Waals surface area contributed by atoms with Crippen LogP contribution in [0.3, 0.4) is 0 Å². The Kier molecular flexibility index (Phi) is 3.41. The SMILES string of the molecule is COc1c(Br)cc(C)c(C)c1C1(CC(=O)O)CC1. The molecule has 0 spiro atoms. The van der Waals surface area contributed by atoms with Crippen molar-refractivity contribution in [2.45, 2.75) is 38.5 Å². The minimum atomic E-state index is -0.744. The van der Waals surface area contributed by atoms with Crippen LogP contribution in [0.25, 0.3) is 0 Å². The van der Waals surface area contributed by atoms with Gasteiger partial charge in [0.15, 0.2) is 0 Å². The number of carbonyl (C=O) groups is 1. The Labute approximate surface area is 115 Å². The van der Waals surface area contributed by atoms with Crippen molar-refractivity contribution in [1.82, 2.24) is 0 Å². The molecule has 1 aromatic carbocycles. The lowest BCUT2D eigenvalue weighted by molar-refractivity contribution is -0.137. The lowest BCUT2D eigenvalue weighted by Gasteiger charge is -2.22. The zero-order chi connectivity index (χ0) is 13.5. The third-order valence-corrected chi connectivity index (χ3v) is 4.42. The highest BCUT2D eigenvalue weighted by atomic mass is 79.9. The first-order valence-electron chi connectivity index (χ1n) is 5.97. The summed E-state index contributed by atoms with van der Waals surface area (Å²) in [6.45, 7) is 4.08. The molecule has 1 aliphatic carbocycles. The van der Waals surface area contributed by atoms with Crippen LogP contribution >= 0.6 is 15.9 Å². The molecule has 4 heteroatoms. The fraction of sp³-hybridized carbons (Fsp3) is 0.500. The van der Waals surface area contributed by atoms with Crippen molar-refractivity contribution in [3.63, 3.8) is 0 Å². The van der Waals surface area contributed by atoms with Gasteiger partial charge in [0.05, 0.1) is 18.0 Å². The van der Waals surface area contributed by atoms with E-state index in [9.17, 15) is 4.79 Å². The summed E-state index contributed by atoms with van der Waals surface area (Å²) in [4.78, 5) is 11.1. The van der Waals surface area contributed by atoms with Gasteiger partial charge in [-0.2, -0.15) is 0 Å². The number of halogens is 1. The number of ether oxygens (including phenoxy) is 1. The standard InChI is InChI=1S/C14H17BrO3/c1-8-6-10(15)13(18-3)12(9(8)2)14(4-5-14)7-11(16)17/h6H,4-5,7H2,1-3H3,(H,16,17). The predicted octanol–water partition coefficient (Wildman–Crippen LogP) is 3.58. The lowest BCUT2D eigenvalue weighted by atomic mass is 9.86. The Morgan fingerprint density at radius 3 is 2.56 bits per heavy atom. The number of carboxylic acid groups (broad SMARTS) is 1. The van der Waals surface area contributed by atoms with E-state index in [4.69, 9.17) is 9.84 Å². The van der Waals surface area contributed by atoms with Gasteiger partial charge in [0.25, 0.3) is 0 Å². The number of aliphatic carboxylic acids is 1. The molecule has 0 amide bonds. The molecular weight excluding hydrogens is 296 g/mol. The molecule has 1 saturated carbocycles. The van der Waals surface area contributed by atoms with Crippen LogP contribution in [0.5, 0.6) is 5.75 Å². The number of carboxylic acids is 1. The summed E-state index contributed by atoms with van der Waals surface area (Å²) < 4.78 is 6.38. The summed E-state index contributed by atoms with van der Waals surface area (Å²) in [5.74, 6) is 0.0448. The summed E-state index contributed by atoms with van der Waals surface area (Å²) in [5, 5.41) is 9.09. The van der Waals surface area contributed by atoms with Crippen molar-refractivity contribution in [2.24, 2.45) is 0 Å². The number of rotatable bonds is 4. The monoisotopic (exact) mass is 312 g/mol. The molecule has 0 aliphatic heterocycles. The second-order valence-corrected chi connectivity index (χ2v) is 5.91. The molecule has 0 unspecified atom stereocenters. The van der Waals surface area contributed by atoms with Gasteiger partial charge in [0.1, 0.15) is 5.75 Å². The number of hydrogen-bond acceptors (Lipinski definition) is 2. The molecule has 2 rings (SSSR count). The minimum absolute atomic E-state index is 0.181. The molecule has 1 aliphatic rings. The fourth-order valence-corrected chi connectivity index (χ4v) is 3.35. The molecule has 3 nitrogen and oxygen atoms in total. The maximum atomic E-state index is 11.1. The van der Waals surface area contributed by atoms with Gasteiger partial charge in [0.2, 0.25) is 0 Å². The molecule has 1 N–H and O–H groups in total. The van der Waals surface area contributed by atoms with Crippen molar-refractivity contribution < 1.29 is 14.6 Å². The average Bonchev–Trinajstić information content (AvgIpc) is 3.02. The number of hydrogen-bond donors (Lipinski definition) is 1. The summed E-state index contributed by atoms with van der Waals surface area (Å²) >= 11 is 3.51. The highest BCUT2D eigenvalue weighted by Crippen LogP contribution is 2.56. The smallest absolute Gasteiger partial charge is 0.304 e. The van der Waals surface area contributed by atoms with Crippen LogP contribution in [0.1, 0.15) is 36.0 Å². The van der Waals surface area contributed by atoms with Crippen molar-refractivity contribution in [3.8, 4) is 5.75 Å². The second-order valence-electron chi connectivity index (χ2n) is 5.06. The quantitative estimate of drug-likeness (QED) is 0.924. The maximum Gasteiger partial charge on any atom is 0.304 e. The first-order chi connectivity index (χ1) is 8.41. The van der Waals surface area contributed by atoms with Gasteiger partial charge in [-0.1, -0.05) is 0 Å². The third kappa shape index (κ3) is 2.14. The second kappa shape index (κ2) is 4.57. The van der Waals surface area contributed by atoms with Crippen molar-refractivity contribution >= 4 is 21.9 Å². The van der Waals surface area contributed by atoms with Crippen LogP contribution in [0, 0.1) is 13.8 Å². The molecular formula is C14H17BrO3. The van der Waals surface area contributed by atoms with E-state index in [0.717, 1.165) is 39.8 Å². The van der Waals surface area contributed by atoms with Crippen LogP contribution < -0.4 is 4.74 Å². The molecule has 0 atom stereocenters. The van der Waals surface area contributed by atoms with E-state index in [1.807, 2.05) is 19.9 Å². The van der Waals surface area contributed by atoms with Crippen LogP contribution in [0.2, 0.25) is 0 Å². The van der Waals surface area contributed by atoms with Gasteiger partial charge in [0, 0.05) is 11.0 Å². The zero-order valence-electron chi connectivity index (χ0n) is 10.8. The summed E-state index contributed by atoms with van der Waals surface area (Å²) in [6, 6.07) is 2.02. The van der Waals surface area contributed by atoms with Gasteiger partial charge >= 0.3 is 5.97 Å². The van der Waals surface area contributed by atoms with Gasteiger partial charge in [-0.15, -0.1) is 0 Å². The molecule has 0 aromatic heterocycles. The molecule has 98 valence electrons. The van der Waals surface area contributed by atoms with E-state index >= 15 is 0 Å². The first-order valence-corrected chi connectivity index (χ1v) is 6.76. The van der Waals surface area contributed by atoms with Crippen LogP contribution in [0.4, 0.5) is 0 Å².